The van der Waals surface area contributed by atoms with Crippen molar-refractivity contribution in [2.75, 3.05) is 20.3 Å². The normalized spacial score (nSPS) is 27.4. The Bertz CT molecular complexity index is 314. The minimum atomic E-state index is -4.10. The number of hydrogen-bond acceptors (Lipinski definition) is 3. The molecule has 0 spiro atoms. The molecule has 1 aliphatic rings. The molecule has 3 nitrogen and oxygen atoms in total. The number of hydrogen-bond donors (Lipinski definition) is 1. The van der Waals surface area contributed by atoms with Crippen LogP contribution in [-0.4, -0.2) is 32.0 Å². The molecule has 1 saturated carbocycles. The highest BCUT2D eigenvalue weighted by Gasteiger charge is 2.41. The molecule has 0 saturated heterocycles. The first-order valence-corrected chi connectivity index (χ1v) is 6.68. The first-order chi connectivity index (χ1) is 8.93. The van der Waals surface area contributed by atoms with Crippen LogP contribution in [0.3, 0.4) is 0 Å². The summed E-state index contributed by atoms with van der Waals surface area (Å²) < 4.78 is 40.9. The predicted molar refractivity (Wildman–Crippen MR) is 65.5 cm³/mol. The van der Waals surface area contributed by atoms with Crippen molar-refractivity contribution in [1.82, 2.24) is 5.32 Å². The number of rotatable bonds is 7. The van der Waals surface area contributed by atoms with Gasteiger partial charge in [0, 0.05) is 19.6 Å². The fraction of sp³-hybridized carbons (Fsp3) is 0.923. The van der Waals surface area contributed by atoms with Crippen LogP contribution >= 0.6 is 0 Å². The molecule has 0 aliphatic heterocycles. The average Bonchev–Trinajstić information content (AvgIpc) is 2.76. The van der Waals surface area contributed by atoms with Crippen LogP contribution < -0.4 is 5.32 Å². The summed E-state index contributed by atoms with van der Waals surface area (Å²) in [4.78, 5) is 0. The lowest BCUT2D eigenvalue weighted by Gasteiger charge is -2.28. The first-order valence-electron chi connectivity index (χ1n) is 6.68. The third-order valence-electron chi connectivity index (χ3n) is 3.83. The molecule has 2 atom stereocenters. The van der Waals surface area contributed by atoms with Gasteiger partial charge in [-0.25, -0.2) is 0 Å². The van der Waals surface area contributed by atoms with Gasteiger partial charge in [0.15, 0.2) is 0 Å². The molecule has 1 N–H and O–H groups in total. The zero-order chi connectivity index (χ0) is 14.4. The number of halogens is 3. The van der Waals surface area contributed by atoms with Gasteiger partial charge in [0.25, 0.3) is 0 Å². The molecule has 2 unspecified atom stereocenters. The Morgan fingerprint density at radius 1 is 1.42 bits per heavy atom. The second-order valence-corrected chi connectivity index (χ2v) is 5.04. The summed E-state index contributed by atoms with van der Waals surface area (Å²) in [6.45, 7) is 0.555. The van der Waals surface area contributed by atoms with Crippen LogP contribution in [0.25, 0.3) is 0 Å². The van der Waals surface area contributed by atoms with E-state index >= 15 is 0 Å². The largest absolute Gasteiger partial charge is 0.389 e. The van der Waals surface area contributed by atoms with Gasteiger partial charge in [0.1, 0.15) is 5.54 Å². The van der Waals surface area contributed by atoms with Gasteiger partial charge in [-0.2, -0.15) is 18.4 Å². The van der Waals surface area contributed by atoms with E-state index in [1.165, 1.54) is 0 Å². The smallest absolute Gasteiger partial charge is 0.381 e. The standard InChI is InChI=1S/C13H21F3N2O/c1-18-12(10-17)6-2-4-11(12)5-9-19-8-3-7-13(14,15)16/h11,18H,2-9H2,1H3. The van der Waals surface area contributed by atoms with Crippen molar-refractivity contribution in [1.29, 1.82) is 5.26 Å². The average molecular weight is 278 g/mol. The van der Waals surface area contributed by atoms with E-state index in [9.17, 15) is 18.4 Å². The molecular weight excluding hydrogens is 257 g/mol. The summed E-state index contributed by atoms with van der Waals surface area (Å²) in [5.74, 6) is 0.227. The molecule has 0 amide bonds. The Hall–Kier alpha value is -0.800. The zero-order valence-corrected chi connectivity index (χ0v) is 11.2. The Labute approximate surface area is 112 Å². The number of ether oxygens (including phenoxy) is 1. The quantitative estimate of drug-likeness (QED) is 0.728. The Kier molecular flexibility index (Phi) is 6.08. The lowest BCUT2D eigenvalue weighted by Crippen LogP contribution is -2.45. The van der Waals surface area contributed by atoms with E-state index < -0.39 is 18.1 Å². The second-order valence-electron chi connectivity index (χ2n) is 5.04. The van der Waals surface area contributed by atoms with E-state index in [2.05, 4.69) is 11.4 Å². The first kappa shape index (κ1) is 16.3. The molecule has 0 radical (unpaired) electrons. The van der Waals surface area contributed by atoms with Gasteiger partial charge in [0.2, 0.25) is 0 Å². The van der Waals surface area contributed by atoms with E-state index in [-0.39, 0.29) is 18.9 Å². The van der Waals surface area contributed by atoms with Gasteiger partial charge < -0.3 is 10.1 Å². The summed E-state index contributed by atoms with van der Waals surface area (Å²) in [5.41, 5.74) is -0.477. The Balaban J connectivity index is 2.18. The van der Waals surface area contributed by atoms with Gasteiger partial charge in [-0.3, -0.25) is 0 Å². The Morgan fingerprint density at radius 3 is 2.74 bits per heavy atom. The fourth-order valence-corrected chi connectivity index (χ4v) is 2.70. The number of alkyl halides is 3. The highest BCUT2D eigenvalue weighted by molar-refractivity contribution is 5.13. The highest BCUT2D eigenvalue weighted by atomic mass is 19.4. The van der Waals surface area contributed by atoms with Crippen LogP contribution in [0.1, 0.15) is 38.5 Å². The van der Waals surface area contributed by atoms with E-state index in [4.69, 9.17) is 4.74 Å². The molecule has 0 aromatic carbocycles. The van der Waals surface area contributed by atoms with E-state index in [1.54, 1.807) is 7.05 Å². The monoisotopic (exact) mass is 278 g/mol. The number of nitrogens with zero attached hydrogens (tertiary/aromatic N) is 1. The lowest BCUT2D eigenvalue weighted by atomic mass is 9.86. The van der Waals surface area contributed by atoms with Crippen molar-refractivity contribution >= 4 is 0 Å². The molecule has 1 fully saturated rings. The molecule has 0 bridgehead atoms. The van der Waals surface area contributed by atoms with Crippen molar-refractivity contribution in [2.24, 2.45) is 5.92 Å². The summed E-state index contributed by atoms with van der Waals surface area (Å²) >= 11 is 0. The van der Waals surface area contributed by atoms with Crippen molar-refractivity contribution < 1.29 is 17.9 Å². The van der Waals surface area contributed by atoms with Crippen LogP contribution in [0.15, 0.2) is 0 Å². The molecule has 19 heavy (non-hydrogen) atoms. The summed E-state index contributed by atoms with van der Waals surface area (Å²) in [6, 6.07) is 2.33. The number of nitriles is 1. The van der Waals surface area contributed by atoms with Gasteiger partial charge in [-0.15, -0.1) is 0 Å². The third kappa shape index (κ3) is 5.00. The van der Waals surface area contributed by atoms with Crippen LogP contribution in [-0.2, 0) is 4.74 Å². The van der Waals surface area contributed by atoms with Crippen LogP contribution in [0.5, 0.6) is 0 Å². The van der Waals surface area contributed by atoms with Crippen LogP contribution in [0.4, 0.5) is 13.2 Å². The maximum absolute atomic E-state index is 11.9. The van der Waals surface area contributed by atoms with Crippen molar-refractivity contribution in [3.63, 3.8) is 0 Å². The summed E-state index contributed by atoms with van der Waals surface area (Å²) in [7, 11) is 1.78. The predicted octanol–water partition coefficient (Wildman–Crippen LogP) is 3.02. The van der Waals surface area contributed by atoms with Crippen molar-refractivity contribution in [3.8, 4) is 6.07 Å². The third-order valence-corrected chi connectivity index (χ3v) is 3.83. The van der Waals surface area contributed by atoms with Crippen molar-refractivity contribution in [2.45, 2.75) is 50.2 Å². The molecule has 0 aromatic heterocycles. The molecule has 110 valence electrons. The molecule has 6 heteroatoms. The lowest BCUT2D eigenvalue weighted by molar-refractivity contribution is -0.137. The minimum Gasteiger partial charge on any atom is -0.381 e. The van der Waals surface area contributed by atoms with E-state index in [0.717, 1.165) is 25.7 Å². The molecule has 1 rings (SSSR count). The van der Waals surface area contributed by atoms with E-state index in [1.807, 2.05) is 0 Å². The second kappa shape index (κ2) is 7.11. The molecular formula is C13H21F3N2O. The highest BCUT2D eigenvalue weighted by Crippen LogP contribution is 2.37. The topological polar surface area (TPSA) is 45.0 Å². The maximum atomic E-state index is 11.9. The number of nitrogens with one attached hydrogen (secondary N) is 1. The van der Waals surface area contributed by atoms with Gasteiger partial charge in [-0.05, 0) is 38.6 Å². The van der Waals surface area contributed by atoms with Gasteiger partial charge in [0.05, 0.1) is 6.07 Å². The minimum absolute atomic E-state index is 0.00356. The molecule has 0 heterocycles. The summed E-state index contributed by atoms with van der Waals surface area (Å²) in [5, 5.41) is 12.3. The van der Waals surface area contributed by atoms with Gasteiger partial charge >= 0.3 is 6.18 Å². The maximum Gasteiger partial charge on any atom is 0.389 e. The SMILES string of the molecule is CNC1(C#N)CCCC1CCOCCCC(F)(F)F. The molecule has 0 aromatic rings. The summed E-state index contributed by atoms with van der Waals surface area (Å²) in [6.07, 6.45) is -1.36. The van der Waals surface area contributed by atoms with Crippen LogP contribution in [0.2, 0.25) is 0 Å². The molecule has 1 aliphatic carbocycles. The fourth-order valence-electron chi connectivity index (χ4n) is 2.70. The van der Waals surface area contributed by atoms with Crippen molar-refractivity contribution in [3.05, 3.63) is 0 Å². The van der Waals surface area contributed by atoms with E-state index in [0.29, 0.717) is 6.61 Å². The van der Waals surface area contributed by atoms with Crippen LogP contribution in [0, 0.1) is 17.2 Å². The Morgan fingerprint density at radius 2 is 2.16 bits per heavy atom. The zero-order valence-electron chi connectivity index (χ0n) is 11.2. The van der Waals surface area contributed by atoms with Gasteiger partial charge in [-0.1, -0.05) is 6.42 Å².